The number of benzene rings is 2. The third-order valence-electron chi connectivity index (χ3n) is 2.49. The number of hydrogen-bond donors (Lipinski definition) is 0. The molecule has 2 aromatic carbocycles. The van der Waals surface area contributed by atoms with Gasteiger partial charge in [0.1, 0.15) is 12.4 Å². The van der Waals surface area contributed by atoms with Crippen LogP contribution in [0, 0.1) is 3.57 Å². The smallest absolute Gasteiger partial charge is 0.142 e. The number of halogens is 3. The molecular formula is C14H11BrClIO. The standard InChI is InChI=1S/C14H11BrClIO/c15-8-11-2-1-3-13(16)14(11)18-9-10-4-6-12(17)7-5-10/h1-7H,8-9H2. The third kappa shape index (κ3) is 3.62. The first-order valence-electron chi connectivity index (χ1n) is 5.41. The lowest BCUT2D eigenvalue weighted by atomic mass is 10.2. The van der Waals surface area contributed by atoms with Gasteiger partial charge in [-0.15, -0.1) is 0 Å². The molecule has 18 heavy (non-hydrogen) atoms. The van der Waals surface area contributed by atoms with E-state index in [0.29, 0.717) is 11.6 Å². The van der Waals surface area contributed by atoms with E-state index in [2.05, 4.69) is 62.8 Å². The van der Waals surface area contributed by atoms with Crippen molar-refractivity contribution >= 4 is 50.1 Å². The molecule has 4 heteroatoms. The van der Waals surface area contributed by atoms with Crippen LogP contribution in [0.15, 0.2) is 42.5 Å². The van der Waals surface area contributed by atoms with Gasteiger partial charge in [-0.05, 0) is 46.4 Å². The Morgan fingerprint density at radius 1 is 1.11 bits per heavy atom. The van der Waals surface area contributed by atoms with Crippen molar-refractivity contribution in [2.24, 2.45) is 0 Å². The van der Waals surface area contributed by atoms with E-state index < -0.39 is 0 Å². The van der Waals surface area contributed by atoms with E-state index in [-0.39, 0.29) is 0 Å². The summed E-state index contributed by atoms with van der Waals surface area (Å²) in [7, 11) is 0. The fourth-order valence-corrected chi connectivity index (χ4v) is 2.61. The van der Waals surface area contributed by atoms with Gasteiger partial charge in [-0.25, -0.2) is 0 Å². The summed E-state index contributed by atoms with van der Waals surface area (Å²) in [5.74, 6) is 0.759. The first kappa shape index (κ1) is 14.2. The number of para-hydroxylation sites is 1. The van der Waals surface area contributed by atoms with Gasteiger partial charge >= 0.3 is 0 Å². The number of alkyl halides is 1. The summed E-state index contributed by atoms with van der Waals surface area (Å²) in [6.07, 6.45) is 0. The Morgan fingerprint density at radius 2 is 1.83 bits per heavy atom. The minimum absolute atomic E-state index is 0.528. The van der Waals surface area contributed by atoms with Crippen molar-refractivity contribution in [2.75, 3.05) is 0 Å². The van der Waals surface area contributed by atoms with Gasteiger partial charge < -0.3 is 4.74 Å². The largest absolute Gasteiger partial charge is 0.487 e. The molecule has 0 fully saturated rings. The zero-order valence-corrected chi connectivity index (χ0v) is 14.0. The van der Waals surface area contributed by atoms with Crippen LogP contribution in [0.2, 0.25) is 5.02 Å². The highest BCUT2D eigenvalue weighted by Crippen LogP contribution is 2.30. The van der Waals surface area contributed by atoms with Gasteiger partial charge in [0.15, 0.2) is 0 Å². The molecule has 0 aromatic heterocycles. The van der Waals surface area contributed by atoms with Crippen LogP contribution in [0.1, 0.15) is 11.1 Å². The maximum Gasteiger partial charge on any atom is 0.142 e. The molecule has 0 unspecified atom stereocenters. The summed E-state index contributed by atoms with van der Waals surface area (Å²) < 4.78 is 7.04. The molecule has 0 aliphatic carbocycles. The Labute approximate surface area is 134 Å². The Kier molecular flexibility index (Phi) is 5.33. The predicted octanol–water partition coefficient (Wildman–Crippen LogP) is 5.42. The summed E-state index contributed by atoms with van der Waals surface area (Å²) in [4.78, 5) is 0. The predicted molar refractivity (Wildman–Crippen MR) is 87.6 cm³/mol. The van der Waals surface area contributed by atoms with Gasteiger partial charge in [0.25, 0.3) is 0 Å². The molecule has 2 aromatic rings. The zero-order valence-electron chi connectivity index (χ0n) is 9.50. The number of hydrogen-bond acceptors (Lipinski definition) is 1. The van der Waals surface area contributed by atoms with Crippen LogP contribution in [-0.4, -0.2) is 0 Å². The van der Waals surface area contributed by atoms with Gasteiger partial charge in [0.2, 0.25) is 0 Å². The molecule has 0 aliphatic heterocycles. The van der Waals surface area contributed by atoms with Crippen molar-refractivity contribution < 1.29 is 4.74 Å². The van der Waals surface area contributed by atoms with Gasteiger partial charge in [0.05, 0.1) is 5.02 Å². The van der Waals surface area contributed by atoms with Crippen LogP contribution in [-0.2, 0) is 11.9 Å². The Morgan fingerprint density at radius 3 is 2.50 bits per heavy atom. The average Bonchev–Trinajstić information content (AvgIpc) is 2.39. The molecule has 0 atom stereocenters. The molecule has 0 bridgehead atoms. The number of rotatable bonds is 4. The Hall–Kier alpha value is -0.260. The minimum Gasteiger partial charge on any atom is -0.487 e. The second-order valence-electron chi connectivity index (χ2n) is 3.78. The lowest BCUT2D eigenvalue weighted by Crippen LogP contribution is -1.98. The van der Waals surface area contributed by atoms with Crippen LogP contribution < -0.4 is 4.74 Å². The third-order valence-corrected chi connectivity index (χ3v) is 4.11. The fourth-order valence-electron chi connectivity index (χ4n) is 1.56. The summed E-state index contributed by atoms with van der Waals surface area (Å²) in [6, 6.07) is 14.0. The SMILES string of the molecule is Clc1cccc(CBr)c1OCc1ccc(I)cc1. The zero-order chi connectivity index (χ0) is 13.0. The lowest BCUT2D eigenvalue weighted by Gasteiger charge is -2.11. The van der Waals surface area contributed by atoms with Crippen molar-refractivity contribution in [3.63, 3.8) is 0 Å². The van der Waals surface area contributed by atoms with Crippen molar-refractivity contribution in [2.45, 2.75) is 11.9 Å². The molecule has 94 valence electrons. The molecule has 0 saturated carbocycles. The van der Waals surface area contributed by atoms with E-state index in [4.69, 9.17) is 16.3 Å². The highest BCUT2D eigenvalue weighted by molar-refractivity contribution is 14.1. The molecule has 0 heterocycles. The van der Waals surface area contributed by atoms with Crippen LogP contribution >= 0.6 is 50.1 Å². The Balaban J connectivity index is 2.12. The Bertz CT molecular complexity index is 528. The van der Waals surface area contributed by atoms with Gasteiger partial charge in [-0.2, -0.15) is 0 Å². The summed E-state index contributed by atoms with van der Waals surface area (Å²) in [5.41, 5.74) is 2.20. The van der Waals surface area contributed by atoms with E-state index >= 15 is 0 Å². The molecular weight excluding hydrogens is 426 g/mol. The van der Waals surface area contributed by atoms with Crippen molar-refractivity contribution in [1.82, 2.24) is 0 Å². The summed E-state index contributed by atoms with van der Waals surface area (Å²) >= 11 is 11.9. The van der Waals surface area contributed by atoms with E-state index in [0.717, 1.165) is 22.2 Å². The quantitative estimate of drug-likeness (QED) is 0.459. The summed E-state index contributed by atoms with van der Waals surface area (Å²) in [6.45, 7) is 0.528. The first-order valence-corrected chi connectivity index (χ1v) is 7.99. The molecule has 0 amide bonds. The second-order valence-corrected chi connectivity index (χ2v) is 5.99. The lowest BCUT2D eigenvalue weighted by molar-refractivity contribution is 0.304. The highest BCUT2D eigenvalue weighted by Gasteiger charge is 2.07. The molecule has 0 radical (unpaired) electrons. The topological polar surface area (TPSA) is 9.23 Å². The molecule has 0 N–H and O–H groups in total. The maximum atomic E-state index is 6.15. The molecule has 0 saturated heterocycles. The summed E-state index contributed by atoms with van der Waals surface area (Å²) in [5, 5.41) is 1.38. The molecule has 0 aliphatic rings. The second kappa shape index (κ2) is 6.78. The molecule has 1 nitrogen and oxygen atoms in total. The van der Waals surface area contributed by atoms with E-state index in [1.54, 1.807) is 0 Å². The van der Waals surface area contributed by atoms with Crippen LogP contribution in [0.4, 0.5) is 0 Å². The van der Waals surface area contributed by atoms with Crippen molar-refractivity contribution in [3.8, 4) is 5.75 Å². The van der Waals surface area contributed by atoms with Crippen molar-refractivity contribution in [1.29, 1.82) is 0 Å². The average molecular weight is 438 g/mol. The highest BCUT2D eigenvalue weighted by atomic mass is 127. The first-order chi connectivity index (χ1) is 8.70. The van der Waals surface area contributed by atoms with Crippen LogP contribution in [0.25, 0.3) is 0 Å². The monoisotopic (exact) mass is 436 g/mol. The molecule has 0 spiro atoms. The van der Waals surface area contributed by atoms with Gasteiger partial charge in [-0.1, -0.05) is 51.8 Å². The van der Waals surface area contributed by atoms with Gasteiger partial charge in [-0.3, -0.25) is 0 Å². The van der Waals surface area contributed by atoms with E-state index in [9.17, 15) is 0 Å². The normalized spacial score (nSPS) is 10.4. The van der Waals surface area contributed by atoms with Crippen molar-refractivity contribution in [3.05, 3.63) is 62.2 Å². The maximum absolute atomic E-state index is 6.15. The minimum atomic E-state index is 0.528. The van der Waals surface area contributed by atoms with E-state index in [1.165, 1.54) is 3.57 Å². The van der Waals surface area contributed by atoms with Crippen LogP contribution in [0.5, 0.6) is 5.75 Å². The van der Waals surface area contributed by atoms with Gasteiger partial charge in [0, 0.05) is 14.5 Å². The molecule has 2 rings (SSSR count). The fraction of sp³-hybridized carbons (Fsp3) is 0.143. The number of ether oxygens (including phenoxy) is 1. The van der Waals surface area contributed by atoms with E-state index in [1.807, 2.05) is 18.2 Å². The van der Waals surface area contributed by atoms with Crippen LogP contribution in [0.3, 0.4) is 0 Å².